The molecular formula is C14H19NO2. The molecule has 0 spiro atoms. The number of carbonyl (C=O) groups is 1. The number of amides is 1. The molecule has 0 heterocycles. The molecule has 0 saturated carbocycles. The van der Waals surface area contributed by atoms with Crippen molar-refractivity contribution in [1.29, 1.82) is 0 Å². The third kappa shape index (κ3) is 3.34. The average Bonchev–Trinajstić information content (AvgIpc) is 2.31. The summed E-state index contributed by atoms with van der Waals surface area (Å²) in [5.74, 6) is 0.0907. The summed E-state index contributed by atoms with van der Waals surface area (Å²) in [4.78, 5) is 13.9. The van der Waals surface area contributed by atoms with Crippen molar-refractivity contribution in [1.82, 2.24) is 4.90 Å². The molecule has 0 radical (unpaired) electrons. The van der Waals surface area contributed by atoms with Crippen LogP contribution in [-0.2, 0) is 0 Å². The van der Waals surface area contributed by atoms with E-state index in [2.05, 4.69) is 6.58 Å². The lowest BCUT2D eigenvalue weighted by molar-refractivity contribution is 0.0773. The maximum atomic E-state index is 12.2. The molecule has 0 atom stereocenters. The number of benzene rings is 1. The molecule has 1 aromatic rings. The summed E-state index contributed by atoms with van der Waals surface area (Å²) in [7, 11) is 0. The van der Waals surface area contributed by atoms with Crippen molar-refractivity contribution < 1.29 is 9.90 Å². The van der Waals surface area contributed by atoms with Crippen molar-refractivity contribution in [2.24, 2.45) is 0 Å². The van der Waals surface area contributed by atoms with Crippen LogP contribution in [0.25, 0.3) is 0 Å². The van der Waals surface area contributed by atoms with Crippen molar-refractivity contribution in [2.75, 3.05) is 13.1 Å². The Morgan fingerprint density at radius 2 is 2.24 bits per heavy atom. The van der Waals surface area contributed by atoms with Crippen molar-refractivity contribution >= 4 is 5.91 Å². The standard InChI is InChI=1S/C14H19NO2/c1-4-8-15(9-5-2)14(17)12-7-6-11(3)13(16)10-12/h4,6-7,10,16H,1,5,8-9H2,2-3H3. The van der Waals surface area contributed by atoms with Crippen molar-refractivity contribution in [2.45, 2.75) is 20.3 Å². The van der Waals surface area contributed by atoms with E-state index in [0.717, 1.165) is 12.0 Å². The molecule has 0 aliphatic heterocycles. The van der Waals surface area contributed by atoms with Gasteiger partial charge in [-0.25, -0.2) is 0 Å². The summed E-state index contributed by atoms with van der Waals surface area (Å²) >= 11 is 0. The molecule has 92 valence electrons. The summed E-state index contributed by atoms with van der Waals surface area (Å²) in [6.07, 6.45) is 2.61. The van der Waals surface area contributed by atoms with Crippen LogP contribution in [0.1, 0.15) is 29.3 Å². The number of rotatable bonds is 5. The second-order valence-electron chi connectivity index (χ2n) is 4.04. The van der Waals surface area contributed by atoms with Gasteiger partial charge in [-0.05, 0) is 31.0 Å². The van der Waals surface area contributed by atoms with Crippen molar-refractivity contribution in [3.8, 4) is 5.75 Å². The van der Waals surface area contributed by atoms with Gasteiger partial charge in [0.1, 0.15) is 5.75 Å². The number of hydrogen-bond donors (Lipinski definition) is 1. The number of phenols is 1. The Kier molecular flexibility index (Phi) is 4.76. The van der Waals surface area contributed by atoms with Gasteiger partial charge in [-0.15, -0.1) is 6.58 Å². The molecule has 1 rings (SSSR count). The molecule has 0 fully saturated rings. The van der Waals surface area contributed by atoms with Gasteiger partial charge in [-0.3, -0.25) is 4.79 Å². The Labute approximate surface area is 102 Å². The smallest absolute Gasteiger partial charge is 0.254 e. The number of carbonyl (C=O) groups excluding carboxylic acids is 1. The van der Waals surface area contributed by atoms with Crippen LogP contribution in [-0.4, -0.2) is 29.0 Å². The SMILES string of the molecule is C=CCN(CCC)C(=O)c1ccc(C)c(O)c1. The second kappa shape index (κ2) is 6.09. The monoisotopic (exact) mass is 233 g/mol. The Morgan fingerprint density at radius 3 is 2.76 bits per heavy atom. The fourth-order valence-electron chi connectivity index (χ4n) is 1.63. The molecule has 0 bridgehead atoms. The zero-order valence-electron chi connectivity index (χ0n) is 10.4. The van der Waals surface area contributed by atoms with Gasteiger partial charge >= 0.3 is 0 Å². The van der Waals surface area contributed by atoms with Crippen LogP contribution in [0, 0.1) is 6.92 Å². The summed E-state index contributed by atoms with van der Waals surface area (Å²) in [5.41, 5.74) is 1.29. The topological polar surface area (TPSA) is 40.5 Å². The highest BCUT2D eigenvalue weighted by atomic mass is 16.3. The van der Waals surface area contributed by atoms with Gasteiger partial charge in [0.05, 0.1) is 0 Å². The predicted octanol–water partition coefficient (Wildman–Crippen LogP) is 2.74. The molecule has 0 unspecified atom stereocenters. The van der Waals surface area contributed by atoms with Gasteiger partial charge in [0.2, 0.25) is 0 Å². The molecule has 0 aliphatic carbocycles. The molecule has 1 aromatic carbocycles. The molecule has 3 nitrogen and oxygen atoms in total. The van der Waals surface area contributed by atoms with Crippen LogP contribution in [0.15, 0.2) is 30.9 Å². The predicted molar refractivity (Wildman–Crippen MR) is 69.2 cm³/mol. The van der Waals surface area contributed by atoms with Crippen LogP contribution in [0.2, 0.25) is 0 Å². The molecule has 17 heavy (non-hydrogen) atoms. The Hall–Kier alpha value is -1.77. The largest absolute Gasteiger partial charge is 0.508 e. The Morgan fingerprint density at radius 1 is 1.53 bits per heavy atom. The lowest BCUT2D eigenvalue weighted by atomic mass is 10.1. The lowest BCUT2D eigenvalue weighted by Crippen LogP contribution is -2.31. The summed E-state index contributed by atoms with van der Waals surface area (Å²) in [6, 6.07) is 5.01. The molecule has 0 saturated heterocycles. The van der Waals surface area contributed by atoms with Crippen LogP contribution < -0.4 is 0 Å². The average molecular weight is 233 g/mol. The highest BCUT2D eigenvalue weighted by Gasteiger charge is 2.14. The van der Waals surface area contributed by atoms with E-state index < -0.39 is 0 Å². The van der Waals surface area contributed by atoms with E-state index in [1.54, 1.807) is 30.0 Å². The van der Waals surface area contributed by atoms with Crippen LogP contribution in [0.3, 0.4) is 0 Å². The first-order chi connectivity index (χ1) is 8.10. The molecule has 1 amide bonds. The number of phenolic OH excluding ortho intramolecular Hbond substituents is 1. The lowest BCUT2D eigenvalue weighted by Gasteiger charge is -2.20. The van der Waals surface area contributed by atoms with E-state index in [1.165, 1.54) is 6.07 Å². The Balaban J connectivity index is 2.92. The maximum absolute atomic E-state index is 12.2. The maximum Gasteiger partial charge on any atom is 0.254 e. The number of nitrogens with zero attached hydrogens (tertiary/aromatic N) is 1. The van der Waals surface area contributed by atoms with E-state index in [1.807, 2.05) is 6.92 Å². The quantitative estimate of drug-likeness (QED) is 0.794. The molecule has 1 N–H and O–H groups in total. The summed E-state index contributed by atoms with van der Waals surface area (Å²) in [5, 5.41) is 9.60. The highest BCUT2D eigenvalue weighted by molar-refractivity contribution is 5.94. The van der Waals surface area contributed by atoms with Gasteiger partial charge in [0.25, 0.3) is 5.91 Å². The normalized spacial score (nSPS) is 10.0. The zero-order chi connectivity index (χ0) is 12.8. The molecule has 3 heteroatoms. The molecule has 0 aromatic heterocycles. The van der Waals surface area contributed by atoms with E-state index in [0.29, 0.717) is 18.7 Å². The van der Waals surface area contributed by atoms with E-state index in [-0.39, 0.29) is 11.7 Å². The van der Waals surface area contributed by atoms with Crippen LogP contribution in [0.4, 0.5) is 0 Å². The second-order valence-corrected chi connectivity index (χ2v) is 4.04. The first-order valence-corrected chi connectivity index (χ1v) is 5.80. The third-order valence-corrected chi connectivity index (χ3v) is 2.59. The minimum atomic E-state index is -0.0675. The van der Waals surface area contributed by atoms with Gasteiger partial charge in [0, 0.05) is 18.7 Å². The fraction of sp³-hybridized carbons (Fsp3) is 0.357. The molecule has 0 aliphatic rings. The number of aryl methyl sites for hydroxylation is 1. The highest BCUT2D eigenvalue weighted by Crippen LogP contribution is 2.18. The van der Waals surface area contributed by atoms with Crippen molar-refractivity contribution in [3.05, 3.63) is 42.0 Å². The Bertz CT molecular complexity index is 413. The summed E-state index contributed by atoms with van der Waals surface area (Å²) in [6.45, 7) is 8.70. The van der Waals surface area contributed by atoms with Crippen molar-refractivity contribution in [3.63, 3.8) is 0 Å². The first-order valence-electron chi connectivity index (χ1n) is 5.80. The minimum absolute atomic E-state index is 0.0675. The third-order valence-electron chi connectivity index (χ3n) is 2.59. The van der Waals surface area contributed by atoms with Crippen LogP contribution >= 0.6 is 0 Å². The minimum Gasteiger partial charge on any atom is -0.508 e. The van der Waals surface area contributed by atoms with Gasteiger partial charge in [0.15, 0.2) is 0 Å². The van der Waals surface area contributed by atoms with Gasteiger partial charge in [-0.2, -0.15) is 0 Å². The van der Waals surface area contributed by atoms with E-state index in [9.17, 15) is 9.90 Å². The number of aromatic hydroxyl groups is 1. The van der Waals surface area contributed by atoms with Gasteiger partial charge in [-0.1, -0.05) is 19.1 Å². The zero-order valence-corrected chi connectivity index (χ0v) is 10.4. The van der Waals surface area contributed by atoms with E-state index >= 15 is 0 Å². The number of hydrogen-bond acceptors (Lipinski definition) is 2. The van der Waals surface area contributed by atoms with Crippen LogP contribution in [0.5, 0.6) is 5.75 Å². The summed E-state index contributed by atoms with van der Waals surface area (Å²) < 4.78 is 0. The van der Waals surface area contributed by atoms with Gasteiger partial charge < -0.3 is 10.0 Å². The van der Waals surface area contributed by atoms with E-state index in [4.69, 9.17) is 0 Å². The molecular weight excluding hydrogens is 214 g/mol. The first kappa shape index (κ1) is 13.3. The fourth-order valence-corrected chi connectivity index (χ4v) is 1.63.